The van der Waals surface area contributed by atoms with Crippen LogP contribution < -0.4 is 10.9 Å². The minimum absolute atomic E-state index is 0.132. The van der Waals surface area contributed by atoms with E-state index in [-0.39, 0.29) is 17.0 Å². The Labute approximate surface area is 104 Å². The van der Waals surface area contributed by atoms with Crippen LogP contribution in [-0.4, -0.2) is 22.4 Å². The Hall–Kier alpha value is -2.17. The Morgan fingerprint density at radius 1 is 1.50 bits per heavy atom. The molecule has 2 heterocycles. The molecule has 2 N–H and O–H groups in total. The predicted molar refractivity (Wildman–Crippen MR) is 69.7 cm³/mol. The van der Waals surface area contributed by atoms with Gasteiger partial charge >= 0.3 is 0 Å². The first kappa shape index (κ1) is 12.3. The maximum atomic E-state index is 11.8. The zero-order valence-corrected chi connectivity index (χ0v) is 10.4. The van der Waals surface area contributed by atoms with Gasteiger partial charge in [0.2, 0.25) is 0 Å². The van der Waals surface area contributed by atoms with E-state index >= 15 is 0 Å². The molecule has 0 atom stereocenters. The summed E-state index contributed by atoms with van der Waals surface area (Å²) < 4.78 is 0. The average Bonchev–Trinajstić information content (AvgIpc) is 2.35. The fourth-order valence-corrected chi connectivity index (χ4v) is 1.77. The molecule has 0 aliphatic carbocycles. The molecule has 0 aliphatic rings. The minimum Gasteiger partial charge on any atom is -0.352 e. The molecular weight excluding hydrogens is 230 g/mol. The molecule has 18 heavy (non-hydrogen) atoms. The Bertz CT molecular complexity index is 646. The van der Waals surface area contributed by atoms with Crippen LogP contribution in [0.2, 0.25) is 0 Å². The molecule has 5 nitrogen and oxygen atoms in total. The molecule has 0 saturated carbocycles. The quantitative estimate of drug-likeness (QED) is 0.857. The van der Waals surface area contributed by atoms with E-state index in [1.807, 2.05) is 13.8 Å². The number of hydrogen-bond donors (Lipinski definition) is 2. The summed E-state index contributed by atoms with van der Waals surface area (Å²) in [5, 5.41) is 3.48. The molecule has 0 aromatic carbocycles. The van der Waals surface area contributed by atoms with Crippen LogP contribution in [0.5, 0.6) is 0 Å². The highest BCUT2D eigenvalue weighted by molar-refractivity contribution is 5.97. The fraction of sp³-hybridized carbons (Fsp3) is 0.308. The van der Waals surface area contributed by atoms with Crippen LogP contribution in [0.25, 0.3) is 10.9 Å². The second-order valence-electron chi connectivity index (χ2n) is 4.13. The molecule has 0 spiro atoms. The molecule has 94 valence electrons. The summed E-state index contributed by atoms with van der Waals surface area (Å²) in [5.74, 6) is -0.344. The average molecular weight is 245 g/mol. The highest BCUT2D eigenvalue weighted by atomic mass is 16.2. The molecule has 0 bridgehead atoms. The van der Waals surface area contributed by atoms with Gasteiger partial charge in [-0.1, -0.05) is 6.92 Å². The second kappa shape index (κ2) is 5.00. The minimum atomic E-state index is -0.373. The van der Waals surface area contributed by atoms with Crippen LogP contribution in [0.4, 0.5) is 0 Å². The van der Waals surface area contributed by atoms with E-state index in [0.29, 0.717) is 12.1 Å². The number of hydrogen-bond acceptors (Lipinski definition) is 3. The van der Waals surface area contributed by atoms with Gasteiger partial charge in [-0.15, -0.1) is 0 Å². The van der Waals surface area contributed by atoms with Crippen molar-refractivity contribution >= 4 is 16.8 Å². The number of carbonyl (C=O) groups excluding carboxylic acids is 1. The van der Waals surface area contributed by atoms with E-state index in [1.165, 1.54) is 0 Å². The van der Waals surface area contributed by atoms with E-state index in [4.69, 9.17) is 0 Å². The van der Waals surface area contributed by atoms with Gasteiger partial charge in [0.15, 0.2) is 0 Å². The first-order valence-electron chi connectivity index (χ1n) is 5.90. The first-order chi connectivity index (χ1) is 8.63. The van der Waals surface area contributed by atoms with Crippen molar-refractivity contribution in [2.75, 3.05) is 6.54 Å². The van der Waals surface area contributed by atoms with Crippen LogP contribution in [0.3, 0.4) is 0 Å². The van der Waals surface area contributed by atoms with Gasteiger partial charge in [-0.25, -0.2) is 0 Å². The number of amides is 1. The lowest BCUT2D eigenvalue weighted by atomic mass is 10.1. The lowest BCUT2D eigenvalue weighted by molar-refractivity contribution is 0.0952. The normalized spacial score (nSPS) is 10.6. The van der Waals surface area contributed by atoms with Crippen molar-refractivity contribution in [3.63, 3.8) is 0 Å². The Kier molecular flexibility index (Phi) is 3.41. The molecule has 2 rings (SSSR count). The number of fused-ring (bicyclic) bond motifs is 1. The number of rotatable bonds is 3. The summed E-state index contributed by atoms with van der Waals surface area (Å²) in [7, 11) is 0. The van der Waals surface area contributed by atoms with Gasteiger partial charge in [0, 0.05) is 23.8 Å². The van der Waals surface area contributed by atoms with E-state index in [0.717, 1.165) is 17.5 Å². The van der Waals surface area contributed by atoms with Crippen molar-refractivity contribution in [2.24, 2.45) is 0 Å². The number of aryl methyl sites for hydroxylation is 1. The molecule has 1 amide bonds. The van der Waals surface area contributed by atoms with E-state index < -0.39 is 0 Å². The van der Waals surface area contributed by atoms with Crippen LogP contribution in [-0.2, 0) is 0 Å². The number of nitrogens with zero attached hydrogens (tertiary/aromatic N) is 1. The molecule has 5 heteroatoms. The number of aromatic amines is 1. The zero-order valence-electron chi connectivity index (χ0n) is 10.4. The van der Waals surface area contributed by atoms with Crippen molar-refractivity contribution in [1.29, 1.82) is 0 Å². The monoisotopic (exact) mass is 245 g/mol. The predicted octanol–water partition coefficient (Wildman–Crippen LogP) is 1.37. The van der Waals surface area contributed by atoms with Crippen molar-refractivity contribution < 1.29 is 4.79 Å². The molecule has 0 unspecified atom stereocenters. The number of H-pyrrole nitrogens is 1. The van der Waals surface area contributed by atoms with Crippen molar-refractivity contribution in [1.82, 2.24) is 15.3 Å². The van der Waals surface area contributed by atoms with Crippen molar-refractivity contribution in [3.8, 4) is 0 Å². The van der Waals surface area contributed by atoms with E-state index in [2.05, 4.69) is 15.3 Å². The van der Waals surface area contributed by atoms with Crippen LogP contribution in [0.15, 0.2) is 23.1 Å². The molecule has 0 radical (unpaired) electrons. The summed E-state index contributed by atoms with van der Waals surface area (Å²) in [4.78, 5) is 30.5. The summed E-state index contributed by atoms with van der Waals surface area (Å²) in [6, 6.07) is 3.32. The van der Waals surface area contributed by atoms with Crippen LogP contribution >= 0.6 is 0 Å². The summed E-state index contributed by atoms with van der Waals surface area (Å²) >= 11 is 0. The van der Waals surface area contributed by atoms with Crippen LogP contribution in [0.1, 0.15) is 29.4 Å². The fourth-order valence-electron chi connectivity index (χ4n) is 1.77. The molecule has 0 fully saturated rings. The number of carbonyl (C=O) groups is 1. The molecule has 0 aliphatic heterocycles. The van der Waals surface area contributed by atoms with E-state index in [1.54, 1.807) is 18.3 Å². The van der Waals surface area contributed by atoms with Crippen molar-refractivity contribution in [3.05, 3.63) is 39.9 Å². The molecule has 2 aromatic rings. The summed E-state index contributed by atoms with van der Waals surface area (Å²) in [5.41, 5.74) is 1.24. The van der Waals surface area contributed by atoms with Gasteiger partial charge in [0.05, 0.1) is 5.52 Å². The first-order valence-corrected chi connectivity index (χ1v) is 5.90. The van der Waals surface area contributed by atoms with Gasteiger partial charge in [0.1, 0.15) is 5.56 Å². The zero-order chi connectivity index (χ0) is 13.1. The maximum absolute atomic E-state index is 11.8. The lowest BCUT2D eigenvalue weighted by Crippen LogP contribution is -2.30. The van der Waals surface area contributed by atoms with Gasteiger partial charge in [-0.3, -0.25) is 14.6 Å². The SMILES string of the molecule is CCCNC(=O)c1cc2c(C)nccc2[nH]c1=O. The Morgan fingerprint density at radius 2 is 2.28 bits per heavy atom. The highest BCUT2D eigenvalue weighted by Gasteiger charge is 2.12. The summed E-state index contributed by atoms with van der Waals surface area (Å²) in [6.07, 6.45) is 2.46. The largest absolute Gasteiger partial charge is 0.352 e. The van der Waals surface area contributed by atoms with Gasteiger partial charge in [0.25, 0.3) is 11.5 Å². The molecule has 2 aromatic heterocycles. The van der Waals surface area contributed by atoms with Gasteiger partial charge in [-0.2, -0.15) is 0 Å². The standard InChI is InChI=1S/C13H15N3O2/c1-3-5-15-12(17)10-7-9-8(2)14-6-4-11(9)16-13(10)18/h4,6-7H,3,5H2,1-2H3,(H,15,17)(H,16,18). The Balaban J connectivity index is 2.52. The third-order valence-electron chi connectivity index (χ3n) is 2.75. The highest BCUT2D eigenvalue weighted by Crippen LogP contribution is 2.13. The maximum Gasteiger partial charge on any atom is 0.261 e. The number of pyridine rings is 2. The second-order valence-corrected chi connectivity index (χ2v) is 4.13. The number of aromatic nitrogens is 2. The smallest absolute Gasteiger partial charge is 0.261 e. The lowest BCUT2D eigenvalue weighted by Gasteiger charge is -2.05. The van der Waals surface area contributed by atoms with Gasteiger partial charge < -0.3 is 10.3 Å². The molecule has 0 saturated heterocycles. The molecular formula is C13H15N3O2. The third kappa shape index (κ3) is 2.25. The van der Waals surface area contributed by atoms with E-state index in [9.17, 15) is 9.59 Å². The Morgan fingerprint density at radius 3 is 3.00 bits per heavy atom. The topological polar surface area (TPSA) is 74.8 Å². The summed E-state index contributed by atoms with van der Waals surface area (Å²) in [6.45, 7) is 4.36. The third-order valence-corrected chi connectivity index (χ3v) is 2.75. The van der Waals surface area contributed by atoms with Crippen molar-refractivity contribution in [2.45, 2.75) is 20.3 Å². The van der Waals surface area contributed by atoms with Gasteiger partial charge in [-0.05, 0) is 25.5 Å². The number of nitrogens with one attached hydrogen (secondary N) is 2. The van der Waals surface area contributed by atoms with Crippen LogP contribution in [0, 0.1) is 6.92 Å².